The minimum atomic E-state index is 0.553. The van der Waals surface area contributed by atoms with Gasteiger partial charge in [0.1, 0.15) is 12.9 Å². The van der Waals surface area contributed by atoms with Crippen LogP contribution in [0.5, 0.6) is 0 Å². The highest BCUT2D eigenvalue weighted by atomic mass is 14.9. The summed E-state index contributed by atoms with van der Waals surface area (Å²) in [5.74, 6) is 1.57. The van der Waals surface area contributed by atoms with Gasteiger partial charge in [0.15, 0.2) is 0 Å². The summed E-state index contributed by atoms with van der Waals surface area (Å²) in [6, 6.07) is 15.7. The molecule has 0 radical (unpaired) electrons. The van der Waals surface area contributed by atoms with E-state index in [2.05, 4.69) is 74.9 Å². The first-order valence-electron chi connectivity index (χ1n) is 11.3. The van der Waals surface area contributed by atoms with Crippen LogP contribution in [0.2, 0.25) is 0 Å². The van der Waals surface area contributed by atoms with Crippen molar-refractivity contribution in [2.75, 3.05) is 0 Å². The molecule has 1 fully saturated rings. The molecule has 0 aliphatic heterocycles. The summed E-state index contributed by atoms with van der Waals surface area (Å²) < 4.78 is 2.31. The average molecular weight is 409 g/mol. The second-order valence-corrected chi connectivity index (χ2v) is 9.12. The van der Waals surface area contributed by atoms with Crippen molar-refractivity contribution in [2.45, 2.75) is 52.4 Å². The lowest BCUT2D eigenvalue weighted by Crippen LogP contribution is -2.32. The Morgan fingerprint density at radius 3 is 2.32 bits per heavy atom. The van der Waals surface area contributed by atoms with E-state index in [1.807, 2.05) is 12.4 Å². The molecule has 2 aromatic carbocycles. The topological polar surface area (TPSA) is 29.7 Å². The third-order valence-corrected chi connectivity index (χ3v) is 6.98. The third kappa shape index (κ3) is 3.63. The molecule has 2 heterocycles. The highest BCUT2D eigenvalue weighted by Gasteiger charge is 2.20. The fourth-order valence-corrected chi connectivity index (χ4v) is 5.04. The van der Waals surface area contributed by atoms with Crippen LogP contribution in [-0.4, -0.2) is 9.97 Å². The molecule has 0 N–H and O–H groups in total. The van der Waals surface area contributed by atoms with E-state index in [0.29, 0.717) is 5.92 Å². The van der Waals surface area contributed by atoms with Gasteiger partial charge >= 0.3 is 0 Å². The molecule has 0 atom stereocenters. The zero-order valence-corrected chi connectivity index (χ0v) is 18.9. The lowest BCUT2D eigenvalue weighted by Gasteiger charge is -2.11. The summed E-state index contributed by atoms with van der Waals surface area (Å²) in [4.78, 5) is 9.40. The van der Waals surface area contributed by atoms with Crippen LogP contribution in [0.4, 0.5) is 0 Å². The monoisotopic (exact) mass is 408 g/mol. The van der Waals surface area contributed by atoms with Gasteiger partial charge in [0, 0.05) is 47.0 Å². The Morgan fingerprint density at radius 1 is 0.839 bits per heavy atom. The minimum Gasteiger partial charge on any atom is -0.240 e. The first-order chi connectivity index (χ1) is 15.0. The second kappa shape index (κ2) is 7.88. The molecule has 31 heavy (non-hydrogen) atoms. The van der Waals surface area contributed by atoms with Crippen molar-refractivity contribution in [1.29, 1.82) is 0 Å². The molecule has 156 valence electrons. The maximum Gasteiger partial charge on any atom is 0.213 e. The Kier molecular flexibility index (Phi) is 5.05. The van der Waals surface area contributed by atoms with E-state index in [1.54, 1.807) is 0 Å². The van der Waals surface area contributed by atoms with Gasteiger partial charge in [-0.2, -0.15) is 4.57 Å². The molecular formula is C28H30N3+. The molecule has 0 spiro atoms. The lowest BCUT2D eigenvalue weighted by molar-refractivity contribution is -0.633. The van der Waals surface area contributed by atoms with Crippen molar-refractivity contribution in [3.63, 3.8) is 0 Å². The van der Waals surface area contributed by atoms with Crippen molar-refractivity contribution in [3.05, 3.63) is 77.4 Å². The maximum absolute atomic E-state index is 4.70. The summed E-state index contributed by atoms with van der Waals surface area (Å²) in [6.07, 6.45) is 9.06. The number of nitrogens with zero attached hydrogens (tertiary/aromatic N) is 3. The quantitative estimate of drug-likeness (QED) is 0.369. The predicted molar refractivity (Wildman–Crippen MR) is 127 cm³/mol. The lowest BCUT2D eigenvalue weighted by atomic mass is 9.96. The van der Waals surface area contributed by atoms with Crippen LogP contribution in [0.1, 0.15) is 54.1 Å². The van der Waals surface area contributed by atoms with E-state index in [1.165, 1.54) is 70.1 Å². The fraction of sp³-hybridized carbons (Fsp3) is 0.321. The molecular weight excluding hydrogens is 378 g/mol. The number of pyridine rings is 1. The summed E-state index contributed by atoms with van der Waals surface area (Å²) in [5, 5.41) is 1.23. The smallest absolute Gasteiger partial charge is 0.213 e. The van der Waals surface area contributed by atoms with Crippen molar-refractivity contribution in [1.82, 2.24) is 9.97 Å². The minimum absolute atomic E-state index is 0.553. The van der Waals surface area contributed by atoms with Gasteiger partial charge in [-0.1, -0.05) is 24.5 Å². The Bertz CT molecular complexity index is 1270. The van der Waals surface area contributed by atoms with Gasteiger partial charge in [0.05, 0.1) is 0 Å². The standard InChI is InChI=1S/C28H30N3/c1-18-13-19(2)20(3)25(14-18)27-12-10-23-15-22(9-11-26(23)31(27)4)24-16-29-28(30-17-24)21-7-5-6-8-21/h9-17,21H,5-8H2,1-4H3/q+1. The van der Waals surface area contributed by atoms with E-state index < -0.39 is 0 Å². The molecule has 2 aromatic heterocycles. The highest BCUT2D eigenvalue weighted by Crippen LogP contribution is 2.33. The Balaban J connectivity index is 1.52. The number of aromatic nitrogens is 3. The number of hydrogen-bond donors (Lipinski definition) is 0. The van der Waals surface area contributed by atoms with E-state index in [9.17, 15) is 0 Å². The zero-order valence-electron chi connectivity index (χ0n) is 18.9. The van der Waals surface area contributed by atoms with Crippen LogP contribution in [0, 0.1) is 20.8 Å². The van der Waals surface area contributed by atoms with Gasteiger partial charge in [-0.3, -0.25) is 0 Å². The van der Waals surface area contributed by atoms with Gasteiger partial charge in [0.25, 0.3) is 0 Å². The molecule has 0 bridgehead atoms. The number of benzene rings is 2. The van der Waals surface area contributed by atoms with Crippen LogP contribution in [-0.2, 0) is 7.05 Å². The number of fused-ring (bicyclic) bond motifs is 1. The Hall–Kier alpha value is -3.07. The average Bonchev–Trinajstić information content (AvgIpc) is 3.32. The molecule has 3 heteroatoms. The molecule has 1 saturated carbocycles. The van der Waals surface area contributed by atoms with Gasteiger partial charge in [-0.25, -0.2) is 9.97 Å². The van der Waals surface area contributed by atoms with E-state index in [-0.39, 0.29) is 0 Å². The summed E-state index contributed by atoms with van der Waals surface area (Å²) >= 11 is 0. The first kappa shape index (κ1) is 19.9. The summed E-state index contributed by atoms with van der Waals surface area (Å²) in [5.41, 5.74) is 10.0. The largest absolute Gasteiger partial charge is 0.240 e. The van der Waals surface area contributed by atoms with E-state index >= 15 is 0 Å². The summed E-state index contributed by atoms with van der Waals surface area (Å²) in [6.45, 7) is 6.58. The molecule has 1 aliphatic rings. The zero-order chi connectivity index (χ0) is 21.5. The van der Waals surface area contributed by atoms with E-state index in [0.717, 1.165) is 11.4 Å². The van der Waals surface area contributed by atoms with Crippen LogP contribution in [0.25, 0.3) is 33.3 Å². The molecule has 4 aromatic rings. The SMILES string of the molecule is Cc1cc(C)c(C)c(-c2ccc3cc(-c4cnc(C5CCCC5)nc4)ccc3[n+]2C)c1. The maximum atomic E-state index is 4.70. The van der Waals surface area contributed by atoms with Gasteiger partial charge in [-0.05, 0) is 74.6 Å². The van der Waals surface area contributed by atoms with Crippen molar-refractivity contribution >= 4 is 10.9 Å². The van der Waals surface area contributed by atoms with Crippen molar-refractivity contribution in [3.8, 4) is 22.4 Å². The molecule has 1 aliphatic carbocycles. The van der Waals surface area contributed by atoms with Crippen molar-refractivity contribution in [2.24, 2.45) is 7.05 Å². The third-order valence-electron chi connectivity index (χ3n) is 6.98. The van der Waals surface area contributed by atoms with Gasteiger partial charge in [-0.15, -0.1) is 0 Å². The normalized spacial score (nSPS) is 14.5. The highest BCUT2D eigenvalue weighted by molar-refractivity contribution is 5.83. The molecule has 0 saturated heterocycles. The van der Waals surface area contributed by atoms with Crippen molar-refractivity contribution < 1.29 is 4.57 Å². The molecule has 0 unspecified atom stereocenters. The Labute approximate surface area is 184 Å². The van der Waals surface area contributed by atoms with Gasteiger partial charge < -0.3 is 0 Å². The Morgan fingerprint density at radius 2 is 1.58 bits per heavy atom. The molecule has 0 amide bonds. The number of aryl methyl sites for hydroxylation is 3. The number of hydrogen-bond acceptors (Lipinski definition) is 2. The van der Waals surface area contributed by atoms with Crippen LogP contribution >= 0.6 is 0 Å². The van der Waals surface area contributed by atoms with Crippen LogP contribution in [0.3, 0.4) is 0 Å². The predicted octanol–water partition coefficient (Wildman–Crippen LogP) is 6.37. The summed E-state index contributed by atoms with van der Waals surface area (Å²) in [7, 11) is 2.16. The van der Waals surface area contributed by atoms with Crippen LogP contribution < -0.4 is 4.57 Å². The van der Waals surface area contributed by atoms with Gasteiger partial charge in [0.2, 0.25) is 11.2 Å². The molecule has 5 rings (SSSR count). The number of rotatable bonds is 3. The van der Waals surface area contributed by atoms with Crippen LogP contribution in [0.15, 0.2) is 54.9 Å². The first-order valence-corrected chi connectivity index (χ1v) is 11.3. The second-order valence-electron chi connectivity index (χ2n) is 9.12. The fourth-order valence-electron chi connectivity index (χ4n) is 5.04. The molecule has 3 nitrogen and oxygen atoms in total. The van der Waals surface area contributed by atoms with E-state index in [4.69, 9.17) is 9.97 Å².